The van der Waals surface area contributed by atoms with E-state index in [1.54, 1.807) is 0 Å². The lowest BCUT2D eigenvalue weighted by atomic mass is 9.98. The van der Waals surface area contributed by atoms with E-state index in [0.717, 1.165) is 12.5 Å². The standard InChI is InChI=1S/C18H31N3/c1-5-19-18(17-9-7-6-8-10-17)15(2)21(4)14-16-11-12-20(3)13-16/h6-10,15-16,18-19H,5,11-14H2,1-4H3. The van der Waals surface area contributed by atoms with Gasteiger partial charge in [-0.1, -0.05) is 37.3 Å². The Balaban J connectivity index is 1.98. The largest absolute Gasteiger partial charge is 0.309 e. The molecule has 3 heteroatoms. The topological polar surface area (TPSA) is 18.5 Å². The van der Waals surface area contributed by atoms with Crippen molar-refractivity contribution in [2.45, 2.75) is 32.4 Å². The summed E-state index contributed by atoms with van der Waals surface area (Å²) >= 11 is 0. The van der Waals surface area contributed by atoms with E-state index < -0.39 is 0 Å². The molecule has 0 saturated carbocycles. The molecule has 1 heterocycles. The first-order chi connectivity index (χ1) is 10.1. The van der Waals surface area contributed by atoms with E-state index in [4.69, 9.17) is 0 Å². The molecule has 118 valence electrons. The molecule has 0 aliphatic carbocycles. The Labute approximate surface area is 130 Å². The predicted octanol–water partition coefficient (Wildman–Crippen LogP) is 2.61. The fraction of sp³-hybridized carbons (Fsp3) is 0.667. The summed E-state index contributed by atoms with van der Waals surface area (Å²) in [5, 5.41) is 3.66. The first kappa shape index (κ1) is 16.5. The lowest BCUT2D eigenvalue weighted by Crippen LogP contribution is -2.43. The normalized spacial score (nSPS) is 22.6. The van der Waals surface area contributed by atoms with Crippen molar-refractivity contribution in [1.82, 2.24) is 15.1 Å². The maximum Gasteiger partial charge on any atom is 0.0475 e. The van der Waals surface area contributed by atoms with Crippen LogP contribution in [0.5, 0.6) is 0 Å². The number of nitrogens with one attached hydrogen (secondary N) is 1. The molecule has 2 rings (SSSR count). The first-order valence-corrected chi connectivity index (χ1v) is 8.29. The minimum Gasteiger partial charge on any atom is -0.309 e. The Morgan fingerprint density at radius 2 is 2.05 bits per heavy atom. The van der Waals surface area contributed by atoms with Gasteiger partial charge in [-0.2, -0.15) is 0 Å². The van der Waals surface area contributed by atoms with Gasteiger partial charge in [-0.3, -0.25) is 0 Å². The summed E-state index contributed by atoms with van der Waals surface area (Å²) < 4.78 is 0. The Morgan fingerprint density at radius 3 is 2.62 bits per heavy atom. The molecule has 1 saturated heterocycles. The van der Waals surface area contributed by atoms with Gasteiger partial charge >= 0.3 is 0 Å². The number of rotatable bonds is 7. The smallest absolute Gasteiger partial charge is 0.0475 e. The molecule has 3 nitrogen and oxygen atoms in total. The molecule has 0 amide bonds. The van der Waals surface area contributed by atoms with Gasteiger partial charge in [0.25, 0.3) is 0 Å². The number of hydrogen-bond acceptors (Lipinski definition) is 3. The summed E-state index contributed by atoms with van der Waals surface area (Å²) in [6.07, 6.45) is 1.34. The zero-order valence-corrected chi connectivity index (χ0v) is 14.0. The molecule has 1 aromatic carbocycles. The second-order valence-corrected chi connectivity index (χ2v) is 6.54. The van der Waals surface area contributed by atoms with Crippen molar-refractivity contribution in [2.24, 2.45) is 5.92 Å². The van der Waals surface area contributed by atoms with E-state index in [9.17, 15) is 0 Å². The van der Waals surface area contributed by atoms with Crippen LogP contribution in [-0.4, -0.2) is 56.1 Å². The van der Waals surface area contributed by atoms with E-state index in [1.807, 2.05) is 0 Å². The highest BCUT2D eigenvalue weighted by Crippen LogP contribution is 2.23. The molecule has 21 heavy (non-hydrogen) atoms. The molecule has 0 bridgehead atoms. The second-order valence-electron chi connectivity index (χ2n) is 6.54. The number of nitrogens with zero attached hydrogens (tertiary/aromatic N) is 2. The van der Waals surface area contributed by atoms with Crippen molar-refractivity contribution in [3.05, 3.63) is 35.9 Å². The van der Waals surface area contributed by atoms with Crippen LogP contribution in [0.25, 0.3) is 0 Å². The van der Waals surface area contributed by atoms with Crippen molar-refractivity contribution in [2.75, 3.05) is 40.3 Å². The Kier molecular flexibility index (Phi) is 6.22. The molecule has 1 aliphatic heterocycles. The van der Waals surface area contributed by atoms with Crippen molar-refractivity contribution < 1.29 is 0 Å². The molecule has 0 radical (unpaired) electrons. The van der Waals surface area contributed by atoms with Crippen molar-refractivity contribution in [3.63, 3.8) is 0 Å². The molecular formula is C18H31N3. The number of likely N-dealkylation sites (tertiary alicyclic amines) is 1. The van der Waals surface area contributed by atoms with Gasteiger partial charge in [0.15, 0.2) is 0 Å². The summed E-state index contributed by atoms with van der Waals surface area (Å²) in [7, 11) is 4.51. The monoisotopic (exact) mass is 289 g/mol. The van der Waals surface area contributed by atoms with Crippen LogP contribution < -0.4 is 5.32 Å². The average molecular weight is 289 g/mol. The third-order valence-corrected chi connectivity index (χ3v) is 4.80. The van der Waals surface area contributed by atoms with Crippen LogP contribution in [0.4, 0.5) is 0 Å². The van der Waals surface area contributed by atoms with Crippen LogP contribution in [0.3, 0.4) is 0 Å². The van der Waals surface area contributed by atoms with Crippen molar-refractivity contribution in [1.29, 1.82) is 0 Å². The van der Waals surface area contributed by atoms with Crippen LogP contribution in [0, 0.1) is 5.92 Å². The molecule has 3 atom stereocenters. The predicted molar refractivity (Wildman–Crippen MR) is 90.6 cm³/mol. The highest BCUT2D eigenvalue weighted by atomic mass is 15.2. The number of benzene rings is 1. The number of hydrogen-bond donors (Lipinski definition) is 1. The van der Waals surface area contributed by atoms with E-state index in [0.29, 0.717) is 12.1 Å². The Morgan fingerprint density at radius 1 is 1.33 bits per heavy atom. The fourth-order valence-corrected chi connectivity index (χ4v) is 3.45. The summed E-state index contributed by atoms with van der Waals surface area (Å²) in [5.41, 5.74) is 1.39. The van der Waals surface area contributed by atoms with Gasteiger partial charge in [-0.05, 0) is 52.0 Å². The fourth-order valence-electron chi connectivity index (χ4n) is 3.45. The van der Waals surface area contributed by atoms with Crippen molar-refractivity contribution in [3.8, 4) is 0 Å². The molecule has 0 spiro atoms. The first-order valence-electron chi connectivity index (χ1n) is 8.29. The third-order valence-electron chi connectivity index (χ3n) is 4.80. The zero-order chi connectivity index (χ0) is 15.2. The van der Waals surface area contributed by atoms with Gasteiger partial charge in [0.1, 0.15) is 0 Å². The summed E-state index contributed by atoms with van der Waals surface area (Å²) in [5.74, 6) is 0.820. The van der Waals surface area contributed by atoms with E-state index in [1.165, 1.54) is 31.6 Å². The molecule has 1 aliphatic rings. The maximum absolute atomic E-state index is 3.66. The minimum atomic E-state index is 0.403. The molecule has 1 aromatic rings. The Hall–Kier alpha value is -0.900. The van der Waals surface area contributed by atoms with Crippen LogP contribution in [0.2, 0.25) is 0 Å². The minimum absolute atomic E-state index is 0.403. The number of likely N-dealkylation sites (N-methyl/N-ethyl adjacent to an activating group) is 2. The summed E-state index contributed by atoms with van der Waals surface area (Å²) in [6, 6.07) is 11.7. The maximum atomic E-state index is 3.66. The van der Waals surface area contributed by atoms with E-state index in [2.05, 4.69) is 73.4 Å². The van der Waals surface area contributed by atoms with E-state index in [-0.39, 0.29) is 0 Å². The highest BCUT2D eigenvalue weighted by molar-refractivity contribution is 5.20. The molecule has 1 fully saturated rings. The highest BCUT2D eigenvalue weighted by Gasteiger charge is 2.26. The molecule has 3 unspecified atom stereocenters. The van der Waals surface area contributed by atoms with Gasteiger partial charge < -0.3 is 15.1 Å². The average Bonchev–Trinajstić information content (AvgIpc) is 2.90. The SMILES string of the molecule is CCNC(c1ccccc1)C(C)N(C)CC1CCN(C)C1. The van der Waals surface area contributed by atoms with E-state index >= 15 is 0 Å². The van der Waals surface area contributed by atoms with Gasteiger partial charge in [-0.25, -0.2) is 0 Å². The van der Waals surface area contributed by atoms with Crippen LogP contribution >= 0.6 is 0 Å². The van der Waals surface area contributed by atoms with Gasteiger partial charge in [0.2, 0.25) is 0 Å². The van der Waals surface area contributed by atoms with Gasteiger partial charge in [0, 0.05) is 25.2 Å². The summed E-state index contributed by atoms with van der Waals surface area (Å²) in [6.45, 7) is 9.23. The molecular weight excluding hydrogens is 258 g/mol. The molecule has 1 N–H and O–H groups in total. The molecule has 0 aromatic heterocycles. The van der Waals surface area contributed by atoms with Gasteiger partial charge in [-0.15, -0.1) is 0 Å². The third kappa shape index (κ3) is 4.53. The van der Waals surface area contributed by atoms with Gasteiger partial charge in [0.05, 0.1) is 0 Å². The Bertz CT molecular complexity index is 406. The van der Waals surface area contributed by atoms with Crippen LogP contribution in [0.15, 0.2) is 30.3 Å². The quantitative estimate of drug-likeness (QED) is 0.832. The van der Waals surface area contributed by atoms with Crippen molar-refractivity contribution >= 4 is 0 Å². The lowest BCUT2D eigenvalue weighted by molar-refractivity contribution is 0.180. The zero-order valence-electron chi connectivity index (χ0n) is 14.0. The lowest BCUT2D eigenvalue weighted by Gasteiger charge is -2.34. The summed E-state index contributed by atoms with van der Waals surface area (Å²) in [4.78, 5) is 4.98. The van der Waals surface area contributed by atoms with Crippen LogP contribution in [0.1, 0.15) is 31.9 Å². The second kappa shape index (κ2) is 7.92. The van der Waals surface area contributed by atoms with Crippen LogP contribution in [-0.2, 0) is 0 Å².